The zero-order chi connectivity index (χ0) is 17.0. The largest absolute Gasteiger partial charge is 0.501 e. The van der Waals surface area contributed by atoms with Gasteiger partial charge in [0.2, 0.25) is 5.75 Å². The van der Waals surface area contributed by atoms with E-state index in [1.807, 2.05) is 0 Å². The van der Waals surface area contributed by atoms with Gasteiger partial charge in [-0.3, -0.25) is 9.59 Å². The minimum atomic E-state index is -0.800. The summed E-state index contributed by atoms with van der Waals surface area (Å²) in [4.78, 5) is 30.4. The Morgan fingerprint density at radius 2 is 2.26 bits per heavy atom. The molecule has 0 radical (unpaired) electrons. The first-order chi connectivity index (χ1) is 10.9. The van der Waals surface area contributed by atoms with Gasteiger partial charge in [-0.05, 0) is 30.7 Å². The van der Waals surface area contributed by atoms with Crippen molar-refractivity contribution >= 4 is 17.5 Å². The summed E-state index contributed by atoms with van der Waals surface area (Å²) in [6, 6.07) is 5.02. The molecule has 1 aromatic heterocycles. The van der Waals surface area contributed by atoms with Gasteiger partial charge in [0.25, 0.3) is 11.5 Å². The molecule has 0 saturated heterocycles. The van der Waals surface area contributed by atoms with Gasteiger partial charge in [0.05, 0.1) is 0 Å². The van der Waals surface area contributed by atoms with E-state index >= 15 is 0 Å². The highest BCUT2D eigenvalue weighted by atomic mass is 35.5. The zero-order valence-corrected chi connectivity index (χ0v) is 13.1. The maximum atomic E-state index is 12.0. The second-order valence-electron chi connectivity index (χ2n) is 4.78. The predicted molar refractivity (Wildman–Crippen MR) is 87.5 cm³/mol. The van der Waals surface area contributed by atoms with Crippen molar-refractivity contribution < 1.29 is 9.90 Å². The molecule has 0 fully saturated rings. The maximum absolute atomic E-state index is 12.0. The number of aromatic amines is 1. The van der Waals surface area contributed by atoms with Crippen LogP contribution in [-0.2, 0) is 0 Å². The number of benzene rings is 1. The van der Waals surface area contributed by atoms with Crippen molar-refractivity contribution in [3.8, 4) is 29.5 Å². The lowest BCUT2D eigenvalue weighted by Crippen LogP contribution is -2.27. The molecule has 1 aromatic carbocycles. The van der Waals surface area contributed by atoms with Gasteiger partial charge >= 0.3 is 0 Å². The second-order valence-corrected chi connectivity index (χ2v) is 5.22. The molecular weight excluding hydrogens is 318 g/mol. The third-order valence-corrected chi connectivity index (χ3v) is 3.34. The van der Waals surface area contributed by atoms with Crippen LogP contribution >= 0.6 is 11.6 Å². The second kappa shape index (κ2) is 6.99. The van der Waals surface area contributed by atoms with Crippen LogP contribution < -0.4 is 10.9 Å². The number of H-pyrrole nitrogens is 1. The molecule has 1 amide bonds. The standard InChI is InChI=1S/C16H14ClN3O3/c1-3-4-7-18-15(22)12-13(21)16(23)20-14(19-12)11-6-5-10(17)8-9(11)2/h1,5-6,8,21H,4,7H2,2H3,(H,18,22)(H,19,20,23). The summed E-state index contributed by atoms with van der Waals surface area (Å²) >= 11 is 5.90. The van der Waals surface area contributed by atoms with Crippen LogP contribution in [0.5, 0.6) is 5.75 Å². The van der Waals surface area contributed by atoms with Crippen LogP contribution in [-0.4, -0.2) is 27.5 Å². The molecule has 0 spiro atoms. The smallest absolute Gasteiger partial charge is 0.294 e. The quantitative estimate of drug-likeness (QED) is 0.588. The molecular formula is C16H14ClN3O3. The van der Waals surface area contributed by atoms with E-state index in [9.17, 15) is 14.7 Å². The van der Waals surface area contributed by atoms with Gasteiger partial charge in [-0.2, -0.15) is 0 Å². The molecule has 7 heteroatoms. The fourth-order valence-electron chi connectivity index (χ4n) is 1.98. The average Bonchev–Trinajstić information content (AvgIpc) is 2.50. The van der Waals surface area contributed by atoms with Gasteiger partial charge in [-0.1, -0.05) is 11.6 Å². The first-order valence-corrected chi connectivity index (χ1v) is 7.13. The molecule has 0 aliphatic heterocycles. The van der Waals surface area contributed by atoms with Gasteiger partial charge in [0.1, 0.15) is 5.82 Å². The number of aromatic hydroxyl groups is 1. The molecule has 2 rings (SSSR count). The molecule has 6 nitrogen and oxygen atoms in total. The van der Waals surface area contributed by atoms with Gasteiger partial charge in [-0.25, -0.2) is 4.98 Å². The van der Waals surface area contributed by atoms with Crippen LogP contribution in [0.3, 0.4) is 0 Å². The van der Waals surface area contributed by atoms with E-state index in [0.29, 0.717) is 17.0 Å². The van der Waals surface area contributed by atoms with Crippen molar-refractivity contribution in [1.82, 2.24) is 15.3 Å². The van der Waals surface area contributed by atoms with E-state index in [4.69, 9.17) is 18.0 Å². The molecule has 118 valence electrons. The third kappa shape index (κ3) is 3.71. The average molecular weight is 332 g/mol. The lowest BCUT2D eigenvalue weighted by molar-refractivity contribution is 0.0946. The highest BCUT2D eigenvalue weighted by Crippen LogP contribution is 2.23. The lowest BCUT2D eigenvalue weighted by Gasteiger charge is -2.09. The van der Waals surface area contributed by atoms with E-state index in [0.717, 1.165) is 5.56 Å². The first-order valence-electron chi connectivity index (χ1n) is 6.75. The molecule has 1 heterocycles. The molecule has 0 bridgehead atoms. The highest BCUT2D eigenvalue weighted by molar-refractivity contribution is 6.30. The Labute approximate surface area is 137 Å². The molecule has 0 aliphatic carbocycles. The van der Waals surface area contributed by atoms with Crippen molar-refractivity contribution in [2.75, 3.05) is 6.54 Å². The van der Waals surface area contributed by atoms with E-state index in [1.54, 1.807) is 25.1 Å². The summed E-state index contributed by atoms with van der Waals surface area (Å²) in [6.45, 7) is 2.01. The number of terminal acetylenes is 1. The van der Waals surface area contributed by atoms with Crippen LogP contribution in [0.25, 0.3) is 11.4 Å². The van der Waals surface area contributed by atoms with Gasteiger partial charge in [0, 0.05) is 23.6 Å². The minimum Gasteiger partial charge on any atom is -0.501 e. The summed E-state index contributed by atoms with van der Waals surface area (Å²) in [5.74, 6) is 1.14. The van der Waals surface area contributed by atoms with E-state index in [1.165, 1.54) is 0 Å². The molecule has 0 aliphatic rings. The molecule has 0 atom stereocenters. The molecule has 0 unspecified atom stereocenters. The zero-order valence-electron chi connectivity index (χ0n) is 12.3. The number of carbonyl (C=O) groups is 1. The summed E-state index contributed by atoms with van der Waals surface area (Å²) in [6.07, 6.45) is 5.44. The Morgan fingerprint density at radius 1 is 1.52 bits per heavy atom. The molecule has 2 aromatic rings. The molecule has 0 saturated carbocycles. The van der Waals surface area contributed by atoms with Crippen molar-refractivity contribution in [3.05, 3.63) is 44.8 Å². The Morgan fingerprint density at radius 3 is 2.91 bits per heavy atom. The normalized spacial score (nSPS) is 10.1. The minimum absolute atomic E-state index is 0.170. The third-order valence-electron chi connectivity index (χ3n) is 3.11. The number of aromatic nitrogens is 2. The summed E-state index contributed by atoms with van der Waals surface area (Å²) in [5, 5.41) is 12.8. The van der Waals surface area contributed by atoms with Crippen molar-refractivity contribution in [1.29, 1.82) is 0 Å². The van der Waals surface area contributed by atoms with Gasteiger partial charge < -0.3 is 15.4 Å². The highest BCUT2D eigenvalue weighted by Gasteiger charge is 2.18. The number of halogens is 1. The number of nitrogens with one attached hydrogen (secondary N) is 2. The Bertz CT molecular complexity index is 853. The van der Waals surface area contributed by atoms with Crippen molar-refractivity contribution in [3.63, 3.8) is 0 Å². The lowest BCUT2D eigenvalue weighted by atomic mass is 10.1. The monoisotopic (exact) mass is 331 g/mol. The van der Waals surface area contributed by atoms with Crippen LogP contribution in [0.4, 0.5) is 0 Å². The number of aryl methyl sites for hydroxylation is 1. The number of rotatable bonds is 4. The Kier molecular flexibility index (Phi) is 5.04. The van der Waals surface area contributed by atoms with E-state index < -0.39 is 17.2 Å². The van der Waals surface area contributed by atoms with Crippen LogP contribution in [0.2, 0.25) is 5.02 Å². The van der Waals surface area contributed by atoms with Crippen LogP contribution in [0.1, 0.15) is 22.5 Å². The number of amides is 1. The van der Waals surface area contributed by atoms with Crippen LogP contribution in [0, 0.1) is 19.3 Å². The van der Waals surface area contributed by atoms with E-state index in [-0.39, 0.29) is 18.1 Å². The molecule has 3 N–H and O–H groups in total. The van der Waals surface area contributed by atoms with Crippen molar-refractivity contribution in [2.45, 2.75) is 13.3 Å². The van der Waals surface area contributed by atoms with Crippen LogP contribution in [0.15, 0.2) is 23.0 Å². The topological polar surface area (TPSA) is 95.1 Å². The van der Waals surface area contributed by atoms with E-state index in [2.05, 4.69) is 21.2 Å². The Hall–Kier alpha value is -2.78. The number of nitrogens with zero attached hydrogens (tertiary/aromatic N) is 1. The van der Waals surface area contributed by atoms with Gasteiger partial charge in [-0.15, -0.1) is 12.3 Å². The van der Waals surface area contributed by atoms with Gasteiger partial charge in [0.15, 0.2) is 5.69 Å². The SMILES string of the molecule is C#CCCNC(=O)c1nc(-c2ccc(Cl)cc2C)[nH]c(=O)c1O. The number of hydrogen-bond donors (Lipinski definition) is 3. The maximum Gasteiger partial charge on any atom is 0.294 e. The molecule has 23 heavy (non-hydrogen) atoms. The fourth-order valence-corrected chi connectivity index (χ4v) is 2.20. The predicted octanol–water partition coefficient (Wildman–Crippen LogP) is 1.86. The number of carbonyl (C=O) groups excluding carboxylic acids is 1. The summed E-state index contributed by atoms with van der Waals surface area (Å²) in [7, 11) is 0. The van der Waals surface area contributed by atoms with Crippen molar-refractivity contribution in [2.24, 2.45) is 0 Å². The summed E-state index contributed by atoms with van der Waals surface area (Å²) < 4.78 is 0. The fraction of sp³-hybridized carbons (Fsp3) is 0.188. The first kappa shape index (κ1) is 16.6. The Balaban J connectivity index is 2.46. The number of hydrogen-bond acceptors (Lipinski definition) is 4. The summed E-state index contributed by atoms with van der Waals surface area (Å²) in [5.41, 5.74) is 0.218.